The molecule has 3 heteroatoms. The molecule has 0 aliphatic heterocycles. The lowest BCUT2D eigenvalue weighted by molar-refractivity contribution is 0.0821. The van der Waals surface area contributed by atoms with Crippen molar-refractivity contribution in [2.24, 2.45) is 5.41 Å². The van der Waals surface area contributed by atoms with Crippen molar-refractivity contribution in [2.75, 3.05) is 6.61 Å². The molecule has 17 heavy (non-hydrogen) atoms. The highest BCUT2D eigenvalue weighted by atomic mass is 79.9. The molecule has 0 unspecified atom stereocenters. The Labute approximate surface area is 110 Å². The molecular weight excluding hydrogens is 283 g/mol. The summed E-state index contributed by atoms with van der Waals surface area (Å²) in [6.45, 7) is 0.204. The predicted molar refractivity (Wildman–Crippen MR) is 70.4 cm³/mol. The quantitative estimate of drug-likeness (QED) is 0.892. The van der Waals surface area contributed by atoms with Crippen LogP contribution in [0.1, 0.15) is 37.7 Å². The molecule has 1 aliphatic rings. The highest BCUT2D eigenvalue weighted by Crippen LogP contribution is 2.40. The first-order valence-corrected chi connectivity index (χ1v) is 7.00. The largest absolute Gasteiger partial charge is 0.396 e. The number of halogens is 2. The zero-order valence-electron chi connectivity index (χ0n) is 9.88. The van der Waals surface area contributed by atoms with Gasteiger partial charge >= 0.3 is 0 Å². The Hall–Kier alpha value is -0.410. The Kier molecular flexibility index (Phi) is 4.21. The van der Waals surface area contributed by atoms with E-state index < -0.39 is 0 Å². The van der Waals surface area contributed by atoms with E-state index in [2.05, 4.69) is 15.9 Å². The van der Waals surface area contributed by atoms with Crippen molar-refractivity contribution in [2.45, 2.75) is 38.5 Å². The van der Waals surface area contributed by atoms with Gasteiger partial charge in [0.15, 0.2) is 0 Å². The van der Waals surface area contributed by atoms with Gasteiger partial charge in [-0.05, 0) is 52.2 Å². The number of aliphatic hydroxyl groups excluding tert-OH is 1. The van der Waals surface area contributed by atoms with Gasteiger partial charge in [0.05, 0.1) is 4.47 Å². The van der Waals surface area contributed by atoms with Gasteiger partial charge in [-0.2, -0.15) is 0 Å². The second-order valence-corrected chi connectivity index (χ2v) is 5.90. The molecule has 0 amide bonds. The van der Waals surface area contributed by atoms with Gasteiger partial charge in [0, 0.05) is 6.61 Å². The fourth-order valence-electron chi connectivity index (χ4n) is 2.78. The van der Waals surface area contributed by atoms with Crippen molar-refractivity contribution in [3.63, 3.8) is 0 Å². The van der Waals surface area contributed by atoms with Crippen LogP contribution in [0.25, 0.3) is 0 Å². The summed E-state index contributed by atoms with van der Waals surface area (Å²) in [6, 6.07) is 5.14. The first-order chi connectivity index (χ1) is 8.17. The number of hydrogen-bond acceptors (Lipinski definition) is 1. The van der Waals surface area contributed by atoms with E-state index in [1.807, 2.05) is 6.07 Å². The standard InChI is InChI=1S/C14H18BrFO/c15-13-11(5-4-6-12(13)16)9-14(10-17)7-2-1-3-8-14/h4-6,17H,1-3,7-10H2. The summed E-state index contributed by atoms with van der Waals surface area (Å²) < 4.78 is 14.0. The van der Waals surface area contributed by atoms with Crippen LogP contribution in [0.4, 0.5) is 4.39 Å². The third-order valence-electron chi connectivity index (χ3n) is 3.85. The molecule has 1 aromatic carbocycles. The van der Waals surface area contributed by atoms with E-state index in [1.165, 1.54) is 25.3 Å². The van der Waals surface area contributed by atoms with Crippen molar-refractivity contribution >= 4 is 15.9 Å². The van der Waals surface area contributed by atoms with Crippen LogP contribution < -0.4 is 0 Å². The monoisotopic (exact) mass is 300 g/mol. The molecule has 0 radical (unpaired) electrons. The molecule has 1 fully saturated rings. The molecule has 94 valence electrons. The maximum atomic E-state index is 13.5. The molecule has 0 saturated heterocycles. The van der Waals surface area contributed by atoms with E-state index in [4.69, 9.17) is 0 Å². The normalized spacial score (nSPS) is 19.2. The second kappa shape index (κ2) is 5.49. The average molecular weight is 301 g/mol. The molecule has 1 nitrogen and oxygen atoms in total. The summed E-state index contributed by atoms with van der Waals surface area (Å²) in [5.41, 5.74) is 0.940. The van der Waals surface area contributed by atoms with E-state index in [-0.39, 0.29) is 17.8 Å². The first-order valence-electron chi connectivity index (χ1n) is 6.21. The minimum absolute atomic E-state index is 0.0332. The van der Waals surface area contributed by atoms with Crippen LogP contribution in [0, 0.1) is 11.2 Å². The minimum Gasteiger partial charge on any atom is -0.396 e. The molecule has 2 rings (SSSR count). The molecular formula is C14H18BrFO. The Morgan fingerprint density at radius 2 is 1.94 bits per heavy atom. The molecule has 1 aliphatic carbocycles. The van der Waals surface area contributed by atoms with Gasteiger partial charge in [-0.25, -0.2) is 4.39 Å². The predicted octanol–water partition coefficient (Wildman–Crippen LogP) is 4.07. The number of rotatable bonds is 3. The molecule has 1 saturated carbocycles. The van der Waals surface area contributed by atoms with Crippen molar-refractivity contribution in [1.29, 1.82) is 0 Å². The van der Waals surface area contributed by atoms with Crippen LogP contribution in [0.15, 0.2) is 22.7 Å². The minimum atomic E-state index is -0.216. The molecule has 0 bridgehead atoms. The van der Waals surface area contributed by atoms with E-state index in [0.29, 0.717) is 4.47 Å². The highest BCUT2D eigenvalue weighted by molar-refractivity contribution is 9.10. The fourth-order valence-corrected chi connectivity index (χ4v) is 3.19. The lowest BCUT2D eigenvalue weighted by atomic mass is 9.71. The Bertz CT molecular complexity index is 386. The maximum Gasteiger partial charge on any atom is 0.137 e. The lowest BCUT2D eigenvalue weighted by Crippen LogP contribution is -2.30. The van der Waals surface area contributed by atoms with Crippen LogP contribution in [-0.4, -0.2) is 11.7 Å². The lowest BCUT2D eigenvalue weighted by Gasteiger charge is -2.36. The Morgan fingerprint density at radius 3 is 2.59 bits per heavy atom. The van der Waals surface area contributed by atoms with Crippen LogP contribution >= 0.6 is 15.9 Å². The van der Waals surface area contributed by atoms with Gasteiger partial charge in [-0.1, -0.05) is 31.4 Å². The average Bonchev–Trinajstić information content (AvgIpc) is 2.36. The third-order valence-corrected chi connectivity index (χ3v) is 4.73. The number of hydrogen-bond donors (Lipinski definition) is 1. The van der Waals surface area contributed by atoms with Crippen LogP contribution in [0.2, 0.25) is 0 Å². The number of aliphatic hydroxyl groups is 1. The molecule has 1 N–H and O–H groups in total. The summed E-state index contributed by atoms with van der Waals surface area (Å²) >= 11 is 3.30. The van der Waals surface area contributed by atoms with E-state index in [9.17, 15) is 9.50 Å². The third kappa shape index (κ3) is 2.89. The summed E-state index contributed by atoms with van der Waals surface area (Å²) in [5.74, 6) is -0.216. The SMILES string of the molecule is OCC1(Cc2cccc(F)c2Br)CCCCC1. The summed E-state index contributed by atoms with van der Waals surface area (Å²) in [4.78, 5) is 0. The van der Waals surface area contributed by atoms with Crippen LogP contribution in [0.3, 0.4) is 0 Å². The molecule has 1 aromatic rings. The van der Waals surface area contributed by atoms with Gasteiger partial charge in [-0.3, -0.25) is 0 Å². The summed E-state index contributed by atoms with van der Waals surface area (Å²) in [7, 11) is 0. The maximum absolute atomic E-state index is 13.5. The van der Waals surface area contributed by atoms with Gasteiger partial charge in [0.1, 0.15) is 5.82 Å². The molecule has 0 heterocycles. The highest BCUT2D eigenvalue weighted by Gasteiger charge is 2.32. The van der Waals surface area contributed by atoms with Crippen molar-refractivity contribution in [3.05, 3.63) is 34.1 Å². The molecule has 0 aromatic heterocycles. The van der Waals surface area contributed by atoms with Crippen molar-refractivity contribution in [3.8, 4) is 0 Å². The van der Waals surface area contributed by atoms with Gasteiger partial charge in [0.2, 0.25) is 0 Å². The van der Waals surface area contributed by atoms with Crippen LogP contribution in [-0.2, 0) is 6.42 Å². The van der Waals surface area contributed by atoms with Gasteiger partial charge in [0.25, 0.3) is 0 Å². The zero-order chi connectivity index (χ0) is 12.3. The smallest absolute Gasteiger partial charge is 0.137 e. The Morgan fingerprint density at radius 1 is 1.24 bits per heavy atom. The fraction of sp³-hybridized carbons (Fsp3) is 0.571. The second-order valence-electron chi connectivity index (χ2n) is 5.11. The van der Waals surface area contributed by atoms with E-state index >= 15 is 0 Å². The van der Waals surface area contributed by atoms with Crippen molar-refractivity contribution < 1.29 is 9.50 Å². The first kappa shape index (κ1) is 13.0. The van der Waals surface area contributed by atoms with Gasteiger partial charge in [-0.15, -0.1) is 0 Å². The van der Waals surface area contributed by atoms with Crippen molar-refractivity contribution in [1.82, 2.24) is 0 Å². The van der Waals surface area contributed by atoms with Crippen LogP contribution in [0.5, 0.6) is 0 Å². The summed E-state index contributed by atoms with van der Waals surface area (Å²) in [6.07, 6.45) is 6.47. The van der Waals surface area contributed by atoms with Gasteiger partial charge < -0.3 is 5.11 Å². The number of benzene rings is 1. The summed E-state index contributed by atoms with van der Waals surface area (Å²) in [5, 5.41) is 9.65. The van der Waals surface area contributed by atoms with E-state index in [0.717, 1.165) is 24.8 Å². The zero-order valence-corrected chi connectivity index (χ0v) is 11.5. The Balaban J connectivity index is 2.20. The molecule has 0 spiro atoms. The van der Waals surface area contributed by atoms with E-state index in [1.54, 1.807) is 6.07 Å². The topological polar surface area (TPSA) is 20.2 Å². The molecule has 0 atom stereocenters.